The van der Waals surface area contributed by atoms with Gasteiger partial charge in [-0.15, -0.1) is 0 Å². The van der Waals surface area contributed by atoms with Crippen molar-refractivity contribution in [3.8, 4) is 0 Å². The summed E-state index contributed by atoms with van der Waals surface area (Å²) in [5.41, 5.74) is 0.989. The number of benzene rings is 1. The lowest BCUT2D eigenvalue weighted by Gasteiger charge is -2.32. The van der Waals surface area contributed by atoms with Crippen molar-refractivity contribution in [2.45, 2.75) is 62.9 Å². The van der Waals surface area contributed by atoms with E-state index in [4.69, 9.17) is 26.2 Å². The van der Waals surface area contributed by atoms with Crippen LogP contribution in [-0.4, -0.2) is 33.0 Å². The van der Waals surface area contributed by atoms with E-state index in [2.05, 4.69) is 4.18 Å². The van der Waals surface area contributed by atoms with Gasteiger partial charge in [-0.2, -0.15) is 8.42 Å². The quantitative estimate of drug-likeness (QED) is 0.808. The third kappa shape index (κ3) is 5.15. The number of hydrogen-bond acceptors (Lipinski definition) is 5. The first kappa shape index (κ1) is 19.1. The topological polar surface area (TPSA) is 87.9 Å². The Bertz CT molecular complexity index is 690. The van der Waals surface area contributed by atoms with E-state index in [-0.39, 0.29) is 18.8 Å². The van der Waals surface area contributed by atoms with Crippen molar-refractivity contribution in [3.63, 3.8) is 0 Å². The molecule has 8 heteroatoms. The van der Waals surface area contributed by atoms with Crippen LogP contribution in [0.5, 0.6) is 0 Å². The molecule has 2 aliphatic rings. The molecule has 0 amide bonds. The second-order valence-electron chi connectivity index (χ2n) is 6.68. The van der Waals surface area contributed by atoms with Crippen molar-refractivity contribution in [1.29, 1.82) is 0 Å². The first-order valence-electron chi connectivity index (χ1n) is 8.63. The van der Waals surface area contributed by atoms with Gasteiger partial charge in [0.2, 0.25) is 0 Å². The first-order chi connectivity index (χ1) is 11.9. The smallest absolute Gasteiger partial charge is 0.333 e. The molecule has 3 rings (SSSR count). The average molecular weight is 390 g/mol. The Morgan fingerprint density at radius 2 is 1.84 bits per heavy atom. The Morgan fingerprint density at radius 1 is 1.16 bits per heavy atom. The van der Waals surface area contributed by atoms with E-state index in [1.54, 1.807) is 0 Å². The summed E-state index contributed by atoms with van der Waals surface area (Å²) in [6.07, 6.45) is 5.60. The molecule has 2 fully saturated rings. The lowest BCUT2D eigenvalue weighted by molar-refractivity contribution is -0.194. The largest absolute Gasteiger partial charge is 0.344 e. The average Bonchev–Trinajstić information content (AvgIpc) is 2.86. The number of ether oxygens (including phenoxy) is 2. The molecule has 1 spiro atoms. The van der Waals surface area contributed by atoms with Crippen molar-refractivity contribution in [2.75, 3.05) is 6.61 Å². The fourth-order valence-electron chi connectivity index (χ4n) is 3.64. The van der Waals surface area contributed by atoms with E-state index in [0.717, 1.165) is 31.2 Å². The maximum absolute atomic E-state index is 11.0. The monoisotopic (exact) mass is 389 g/mol. The zero-order chi connectivity index (χ0) is 17.9. The van der Waals surface area contributed by atoms with Gasteiger partial charge >= 0.3 is 10.3 Å². The number of hydrogen-bond donors (Lipinski definition) is 1. The minimum atomic E-state index is -3.95. The molecular weight excluding hydrogens is 366 g/mol. The Balaban J connectivity index is 1.70. The molecule has 140 valence electrons. The van der Waals surface area contributed by atoms with Gasteiger partial charge in [0.25, 0.3) is 0 Å². The van der Waals surface area contributed by atoms with Crippen LogP contribution in [0.25, 0.3) is 0 Å². The highest BCUT2D eigenvalue weighted by Crippen LogP contribution is 2.42. The van der Waals surface area contributed by atoms with Crippen LogP contribution in [0.15, 0.2) is 24.3 Å². The summed E-state index contributed by atoms with van der Waals surface area (Å²) in [5.74, 6) is -0.559. The van der Waals surface area contributed by atoms with E-state index in [1.165, 1.54) is 6.42 Å². The zero-order valence-corrected chi connectivity index (χ0v) is 15.6. The summed E-state index contributed by atoms with van der Waals surface area (Å²) in [6, 6.07) is 7.64. The van der Waals surface area contributed by atoms with Crippen molar-refractivity contribution in [1.82, 2.24) is 0 Å². The molecule has 0 unspecified atom stereocenters. The predicted molar refractivity (Wildman–Crippen MR) is 94.4 cm³/mol. The second kappa shape index (κ2) is 7.90. The van der Waals surface area contributed by atoms with Crippen LogP contribution in [0, 0.1) is 0 Å². The van der Waals surface area contributed by atoms with E-state index in [9.17, 15) is 8.42 Å². The van der Waals surface area contributed by atoms with Gasteiger partial charge in [-0.25, -0.2) is 5.14 Å². The molecule has 0 aromatic heterocycles. The Kier molecular flexibility index (Phi) is 6.03. The lowest BCUT2D eigenvalue weighted by Crippen LogP contribution is -2.33. The van der Waals surface area contributed by atoms with E-state index in [1.807, 2.05) is 24.3 Å². The van der Waals surface area contributed by atoms with Crippen molar-refractivity contribution in [2.24, 2.45) is 5.14 Å². The summed E-state index contributed by atoms with van der Waals surface area (Å²) in [5, 5.41) is 5.59. The summed E-state index contributed by atoms with van der Waals surface area (Å²) in [4.78, 5) is 0. The molecule has 2 N–H and O–H groups in total. The van der Waals surface area contributed by atoms with Gasteiger partial charge in [0.1, 0.15) is 0 Å². The van der Waals surface area contributed by atoms with E-state index >= 15 is 0 Å². The normalized spacial score (nSPS) is 26.2. The van der Waals surface area contributed by atoms with Crippen LogP contribution in [0.1, 0.15) is 44.1 Å². The van der Waals surface area contributed by atoms with Crippen LogP contribution >= 0.6 is 11.6 Å². The van der Waals surface area contributed by atoms with E-state index in [0.29, 0.717) is 17.9 Å². The van der Waals surface area contributed by atoms with Crippen molar-refractivity contribution >= 4 is 21.9 Å². The van der Waals surface area contributed by atoms with Gasteiger partial charge in [-0.3, -0.25) is 4.18 Å². The standard InChI is InChI=1S/C17H24ClNO5S/c18-14-7-3-2-6-13(14)12-16-15(8-11-22-25(19,20)21)23-17(24-16)9-4-1-5-10-17/h2-3,6-7,15-16H,1,4-5,8-12H2,(H2,19,20,21)/t15-,16-/m1/s1. The molecule has 1 aliphatic carbocycles. The molecule has 1 aliphatic heterocycles. The second-order valence-corrected chi connectivity index (χ2v) is 8.31. The summed E-state index contributed by atoms with van der Waals surface area (Å²) >= 11 is 6.27. The van der Waals surface area contributed by atoms with Crippen molar-refractivity contribution < 1.29 is 22.1 Å². The zero-order valence-electron chi connectivity index (χ0n) is 14.0. The molecule has 2 atom stereocenters. The van der Waals surface area contributed by atoms with E-state index < -0.39 is 16.1 Å². The molecule has 6 nitrogen and oxygen atoms in total. The minimum Gasteiger partial charge on any atom is -0.344 e. The van der Waals surface area contributed by atoms with Gasteiger partial charge in [-0.1, -0.05) is 36.2 Å². The van der Waals surface area contributed by atoms with Gasteiger partial charge < -0.3 is 9.47 Å². The molecular formula is C17H24ClNO5S. The first-order valence-corrected chi connectivity index (χ1v) is 10.5. The van der Waals surface area contributed by atoms with Gasteiger partial charge in [-0.05, 0) is 24.5 Å². The highest BCUT2D eigenvalue weighted by atomic mass is 35.5. The maximum atomic E-state index is 11.0. The van der Waals surface area contributed by atoms with Crippen LogP contribution in [0.3, 0.4) is 0 Å². The van der Waals surface area contributed by atoms with Crippen LogP contribution in [0.2, 0.25) is 5.02 Å². The number of nitrogens with two attached hydrogens (primary N) is 1. The summed E-state index contributed by atoms with van der Waals surface area (Å²) in [7, 11) is -3.95. The SMILES string of the molecule is NS(=O)(=O)OCC[C@H]1OC2(CCCCC2)O[C@@H]1Cc1ccccc1Cl. The van der Waals surface area contributed by atoms with Crippen LogP contribution in [-0.2, 0) is 30.4 Å². The number of halogens is 1. The number of rotatable bonds is 6. The Morgan fingerprint density at radius 3 is 2.52 bits per heavy atom. The molecule has 1 saturated heterocycles. The van der Waals surface area contributed by atoms with Crippen LogP contribution in [0.4, 0.5) is 0 Å². The lowest BCUT2D eigenvalue weighted by atomic mass is 9.94. The summed E-state index contributed by atoms with van der Waals surface area (Å²) in [6.45, 7) is -0.0258. The van der Waals surface area contributed by atoms with Crippen LogP contribution < -0.4 is 5.14 Å². The molecule has 1 aromatic rings. The molecule has 25 heavy (non-hydrogen) atoms. The summed E-state index contributed by atoms with van der Waals surface area (Å²) < 4.78 is 39.2. The third-order valence-corrected chi connectivity index (χ3v) is 5.66. The predicted octanol–water partition coefficient (Wildman–Crippen LogP) is 2.94. The fraction of sp³-hybridized carbons (Fsp3) is 0.647. The molecule has 0 bridgehead atoms. The fourth-order valence-corrected chi connectivity index (χ4v) is 4.18. The highest BCUT2D eigenvalue weighted by molar-refractivity contribution is 7.84. The third-order valence-electron chi connectivity index (χ3n) is 4.79. The Labute approximate surface area is 153 Å². The maximum Gasteiger partial charge on any atom is 0.333 e. The molecule has 1 aromatic carbocycles. The highest BCUT2D eigenvalue weighted by Gasteiger charge is 2.47. The molecule has 1 heterocycles. The van der Waals surface area contributed by atoms with Gasteiger partial charge in [0.15, 0.2) is 5.79 Å². The molecule has 1 saturated carbocycles. The van der Waals surface area contributed by atoms with Crippen molar-refractivity contribution in [3.05, 3.63) is 34.9 Å². The Hall–Kier alpha value is -0.700. The van der Waals surface area contributed by atoms with Gasteiger partial charge in [0, 0.05) is 30.7 Å². The van der Waals surface area contributed by atoms with Gasteiger partial charge in [0.05, 0.1) is 18.8 Å². The molecule has 0 radical (unpaired) electrons. The minimum absolute atomic E-state index is 0.0258.